The van der Waals surface area contributed by atoms with Crippen molar-refractivity contribution >= 4 is 28.2 Å². The first kappa shape index (κ1) is 32.1. The molecule has 0 heterocycles. The van der Waals surface area contributed by atoms with Gasteiger partial charge in [0.2, 0.25) is 0 Å². The largest absolute Gasteiger partial charge is 0.478 e. The number of carboxylic acid groups (broad SMARTS) is 2. The molecule has 0 spiro atoms. The summed E-state index contributed by atoms with van der Waals surface area (Å²) in [7, 11) is 0. The molecule has 0 atom stereocenters. The minimum atomic E-state index is -0.857. The number of carbonyl (C=O) groups is 2. The Hall–Kier alpha value is -1.57. The number of hydrogen-bond donors (Lipinski definition) is 2. The molecule has 0 fully saturated rings. The van der Waals surface area contributed by atoms with Crippen LogP contribution in [0.5, 0.6) is 0 Å². The van der Waals surface area contributed by atoms with E-state index < -0.39 is 11.9 Å². The van der Waals surface area contributed by atoms with Crippen LogP contribution in [0, 0.1) is 5.92 Å². The molecule has 0 saturated carbocycles. The van der Waals surface area contributed by atoms with E-state index in [9.17, 15) is 9.59 Å². The Labute approximate surface area is 186 Å². The van der Waals surface area contributed by atoms with Crippen molar-refractivity contribution in [3.8, 4) is 0 Å². The van der Waals surface area contributed by atoms with E-state index in [-0.39, 0.29) is 0 Å². The van der Waals surface area contributed by atoms with E-state index in [1.807, 2.05) is 41.5 Å². The third kappa shape index (κ3) is 37.8. The molecule has 2 radical (unpaired) electrons. The van der Waals surface area contributed by atoms with Crippen molar-refractivity contribution in [3.63, 3.8) is 0 Å². The second kappa shape index (κ2) is 21.1. The Morgan fingerprint density at radius 1 is 0.759 bits per heavy atom. The number of aliphatic carboxylic acids is 2. The van der Waals surface area contributed by atoms with Gasteiger partial charge < -0.3 is 10.2 Å². The molecule has 5 heteroatoms. The van der Waals surface area contributed by atoms with Gasteiger partial charge in [-0.3, -0.25) is 0 Å². The zero-order chi connectivity index (χ0) is 23.4. The molecular weight excluding hydrogens is 379 g/mol. The maximum Gasteiger partial charge on any atom is 0.328 e. The zero-order valence-electron chi connectivity index (χ0n) is 19.7. The van der Waals surface area contributed by atoms with Crippen LogP contribution in [-0.4, -0.2) is 38.4 Å². The van der Waals surface area contributed by atoms with Crippen molar-refractivity contribution in [2.75, 3.05) is 0 Å². The molecule has 2 N–H and O–H groups in total. The van der Waals surface area contributed by atoms with Gasteiger partial charge in [0.1, 0.15) is 16.3 Å². The van der Waals surface area contributed by atoms with Crippen molar-refractivity contribution in [1.29, 1.82) is 0 Å². The predicted molar refractivity (Wildman–Crippen MR) is 126 cm³/mol. The predicted octanol–water partition coefficient (Wildman–Crippen LogP) is 6.76. The van der Waals surface area contributed by atoms with Gasteiger partial charge in [-0.15, -0.1) is 5.28 Å². The summed E-state index contributed by atoms with van der Waals surface area (Å²) >= 11 is 2.69. The minimum Gasteiger partial charge on any atom is -0.478 e. The molecule has 0 unspecified atom stereocenters. The first-order valence-electron chi connectivity index (χ1n) is 10.1. The first-order chi connectivity index (χ1) is 13.3. The van der Waals surface area contributed by atoms with Gasteiger partial charge in [-0.05, 0) is 67.2 Å². The Morgan fingerprint density at radius 3 is 1.21 bits per heavy atom. The number of allylic oxidation sites excluding steroid dienone is 6. The van der Waals surface area contributed by atoms with Crippen molar-refractivity contribution in [2.45, 2.75) is 86.4 Å². The van der Waals surface area contributed by atoms with Crippen LogP contribution in [0.3, 0.4) is 0 Å². The summed E-state index contributed by atoms with van der Waals surface area (Å²) in [5.41, 5.74) is 4.39. The van der Waals surface area contributed by atoms with E-state index in [1.54, 1.807) is 0 Å². The average Bonchev–Trinajstić information content (AvgIpc) is 2.53. The monoisotopic (exact) mass is 420 g/mol. The summed E-state index contributed by atoms with van der Waals surface area (Å²) in [6.45, 7) is 16.2. The maximum atomic E-state index is 10.2. The molecule has 0 aromatic carbocycles. The minimum absolute atomic E-state index is 0.831. The quantitative estimate of drug-likeness (QED) is 0.246. The summed E-state index contributed by atoms with van der Waals surface area (Å²) in [5, 5.41) is 18.0. The fraction of sp³-hybridized carbons (Fsp3) is 0.583. The lowest BCUT2D eigenvalue weighted by Crippen LogP contribution is -1.89. The van der Waals surface area contributed by atoms with Gasteiger partial charge in [-0.25, -0.2) is 9.59 Å². The molecular formula is C24H41AlO4. The number of carboxylic acids is 2. The summed E-state index contributed by atoms with van der Waals surface area (Å²) in [6.07, 6.45) is 10.3. The smallest absolute Gasteiger partial charge is 0.328 e. The number of rotatable bonds is 9. The van der Waals surface area contributed by atoms with Crippen molar-refractivity contribution in [1.82, 2.24) is 0 Å². The summed E-state index contributed by atoms with van der Waals surface area (Å²) in [4.78, 5) is 20.4. The van der Waals surface area contributed by atoms with Crippen LogP contribution in [0.1, 0.15) is 81.1 Å². The van der Waals surface area contributed by atoms with Crippen LogP contribution >= 0.6 is 0 Å². The van der Waals surface area contributed by atoms with E-state index in [4.69, 9.17) is 10.2 Å². The molecule has 0 aliphatic carbocycles. The molecule has 0 bridgehead atoms. The molecule has 164 valence electrons. The maximum absolute atomic E-state index is 10.2. The molecule has 0 aromatic heterocycles. The highest BCUT2D eigenvalue weighted by Crippen LogP contribution is 2.06. The molecule has 0 rings (SSSR count). The Bertz CT molecular complexity index is 526. The third-order valence-electron chi connectivity index (χ3n) is 3.39. The second-order valence-electron chi connectivity index (χ2n) is 7.93. The van der Waals surface area contributed by atoms with Gasteiger partial charge in [0.05, 0.1) is 0 Å². The Morgan fingerprint density at radius 2 is 1.03 bits per heavy atom. The van der Waals surface area contributed by atoms with E-state index >= 15 is 0 Å². The second-order valence-corrected chi connectivity index (χ2v) is 8.40. The molecule has 0 aromatic rings. The average molecular weight is 421 g/mol. The summed E-state index contributed by atoms with van der Waals surface area (Å²) in [5.74, 6) is -0.866. The highest BCUT2D eigenvalue weighted by atomic mass is 27.0. The lowest BCUT2D eigenvalue weighted by molar-refractivity contribution is -0.132. The van der Waals surface area contributed by atoms with E-state index in [1.165, 1.54) is 28.6 Å². The Kier molecular flexibility index (Phi) is 23.4. The fourth-order valence-corrected chi connectivity index (χ4v) is 1.74. The van der Waals surface area contributed by atoms with Gasteiger partial charge in [0.25, 0.3) is 0 Å². The topological polar surface area (TPSA) is 74.6 Å². The van der Waals surface area contributed by atoms with Crippen LogP contribution in [0.2, 0.25) is 5.28 Å². The van der Waals surface area contributed by atoms with Gasteiger partial charge in [-0.1, -0.05) is 54.2 Å². The van der Waals surface area contributed by atoms with Crippen molar-refractivity contribution < 1.29 is 19.8 Å². The van der Waals surface area contributed by atoms with Gasteiger partial charge >= 0.3 is 11.9 Å². The van der Waals surface area contributed by atoms with Crippen molar-refractivity contribution in [3.05, 3.63) is 46.6 Å². The molecule has 4 nitrogen and oxygen atoms in total. The molecule has 0 saturated heterocycles. The SMILES string of the molecule is CC(C)=CCC/C(C)=C/C(=O)O.CC(C)=CCC/C(C)=C/C(=O)O.CC(C)[CH2][Al]. The molecule has 0 aliphatic rings. The summed E-state index contributed by atoms with van der Waals surface area (Å²) < 4.78 is 0. The lowest BCUT2D eigenvalue weighted by atomic mass is 10.1. The van der Waals surface area contributed by atoms with Gasteiger partial charge in [0, 0.05) is 12.2 Å². The highest BCUT2D eigenvalue weighted by molar-refractivity contribution is 6.08. The highest BCUT2D eigenvalue weighted by Gasteiger charge is 1.93. The molecule has 0 aliphatic heterocycles. The summed E-state index contributed by atoms with van der Waals surface area (Å²) in [6, 6.07) is 0. The van der Waals surface area contributed by atoms with Gasteiger partial charge in [0.15, 0.2) is 0 Å². The first-order valence-corrected chi connectivity index (χ1v) is 10.9. The fourth-order valence-electron chi connectivity index (χ4n) is 1.74. The van der Waals surface area contributed by atoms with Crippen molar-refractivity contribution in [2.24, 2.45) is 5.92 Å². The normalized spacial score (nSPS) is 10.8. The Balaban J connectivity index is -0.000000380. The van der Waals surface area contributed by atoms with E-state index in [0.29, 0.717) is 0 Å². The number of hydrogen-bond acceptors (Lipinski definition) is 2. The van der Waals surface area contributed by atoms with Crippen LogP contribution in [0.4, 0.5) is 0 Å². The lowest BCUT2D eigenvalue weighted by Gasteiger charge is -1.95. The standard InChI is InChI=1S/2C10H16O2.C4H9.Al/c2*1-8(2)5-4-6-9(3)7-10(11)12;1-4(2)3;/h2*5,7H,4,6H2,1-3H3,(H,11,12);4H,1H2,2-3H3;/b2*9-7+;;. The van der Waals surface area contributed by atoms with Crippen LogP contribution in [0.25, 0.3) is 0 Å². The van der Waals surface area contributed by atoms with Crippen LogP contribution in [0.15, 0.2) is 46.6 Å². The molecule has 0 amide bonds. The molecule has 29 heavy (non-hydrogen) atoms. The van der Waals surface area contributed by atoms with E-state index in [2.05, 4.69) is 42.3 Å². The zero-order valence-corrected chi connectivity index (χ0v) is 20.9. The van der Waals surface area contributed by atoms with E-state index in [0.717, 1.165) is 42.7 Å². The van der Waals surface area contributed by atoms with Crippen LogP contribution < -0.4 is 0 Å². The third-order valence-corrected chi connectivity index (χ3v) is 4.34. The van der Waals surface area contributed by atoms with Crippen LogP contribution in [-0.2, 0) is 9.59 Å². The van der Waals surface area contributed by atoms with Gasteiger partial charge in [-0.2, -0.15) is 0 Å².